The molecule has 1 atom stereocenters. The normalized spacial score (nSPS) is 12.1. The first-order chi connectivity index (χ1) is 8.54. The molecule has 0 aliphatic carbocycles. The van der Waals surface area contributed by atoms with Crippen molar-refractivity contribution < 1.29 is 14.6 Å². The first-order valence-corrected chi connectivity index (χ1v) is 6.48. The molecule has 0 radical (unpaired) electrons. The van der Waals surface area contributed by atoms with Crippen molar-refractivity contribution in [2.45, 2.75) is 19.4 Å². The van der Waals surface area contributed by atoms with E-state index in [0.717, 1.165) is 16.5 Å². The van der Waals surface area contributed by atoms with Gasteiger partial charge in [-0.1, -0.05) is 22.9 Å². The average Bonchev–Trinajstić information content (AvgIpc) is 2.33. The van der Waals surface area contributed by atoms with Crippen LogP contribution in [0.5, 0.6) is 5.75 Å². The highest BCUT2D eigenvalue weighted by Gasteiger charge is 2.13. The van der Waals surface area contributed by atoms with Crippen molar-refractivity contribution in [3.63, 3.8) is 0 Å². The highest BCUT2D eigenvalue weighted by Crippen LogP contribution is 2.29. The molecule has 5 nitrogen and oxygen atoms in total. The molecule has 0 bridgehead atoms. The van der Waals surface area contributed by atoms with Crippen LogP contribution in [-0.2, 0) is 4.74 Å². The van der Waals surface area contributed by atoms with E-state index in [-0.39, 0.29) is 18.4 Å². The van der Waals surface area contributed by atoms with Gasteiger partial charge in [0, 0.05) is 22.6 Å². The summed E-state index contributed by atoms with van der Waals surface area (Å²) >= 11 is 3.37. The Bertz CT molecular complexity index is 412. The third kappa shape index (κ3) is 4.54. The Labute approximate surface area is 114 Å². The minimum Gasteiger partial charge on any atom is -0.508 e. The van der Waals surface area contributed by atoms with Crippen molar-refractivity contribution >= 4 is 22.0 Å². The lowest BCUT2D eigenvalue weighted by molar-refractivity contribution is 0.156. The molecular weight excluding hydrogens is 300 g/mol. The number of carbonyl (C=O) groups is 1. The maximum Gasteiger partial charge on any atom is 0.404 e. The number of rotatable bonds is 6. The maximum absolute atomic E-state index is 10.4. The van der Waals surface area contributed by atoms with E-state index in [1.165, 1.54) is 0 Å². The summed E-state index contributed by atoms with van der Waals surface area (Å²) in [5.74, 6) is 0.244. The van der Waals surface area contributed by atoms with Gasteiger partial charge in [-0.05, 0) is 24.6 Å². The second-order valence-electron chi connectivity index (χ2n) is 3.79. The number of primary amides is 1. The monoisotopic (exact) mass is 316 g/mol. The van der Waals surface area contributed by atoms with Crippen LogP contribution in [0.1, 0.15) is 24.9 Å². The van der Waals surface area contributed by atoms with Crippen LogP contribution in [0.2, 0.25) is 0 Å². The zero-order chi connectivity index (χ0) is 13.5. The maximum atomic E-state index is 10.4. The number of nitrogens with two attached hydrogens (primary N) is 1. The van der Waals surface area contributed by atoms with Crippen molar-refractivity contribution in [1.82, 2.24) is 5.32 Å². The second kappa shape index (κ2) is 7.23. The number of carbonyl (C=O) groups excluding carboxylic acids is 1. The Morgan fingerprint density at radius 3 is 2.94 bits per heavy atom. The highest BCUT2D eigenvalue weighted by molar-refractivity contribution is 9.10. The number of nitrogens with one attached hydrogen (secondary N) is 1. The number of phenols is 1. The molecule has 1 aromatic rings. The van der Waals surface area contributed by atoms with E-state index in [1.807, 2.05) is 13.0 Å². The van der Waals surface area contributed by atoms with Gasteiger partial charge in [-0.2, -0.15) is 0 Å². The van der Waals surface area contributed by atoms with Gasteiger partial charge in [-0.25, -0.2) is 4.79 Å². The van der Waals surface area contributed by atoms with Crippen molar-refractivity contribution in [2.24, 2.45) is 5.73 Å². The van der Waals surface area contributed by atoms with Crippen LogP contribution in [0.25, 0.3) is 0 Å². The van der Waals surface area contributed by atoms with Crippen molar-refractivity contribution in [3.8, 4) is 5.75 Å². The van der Waals surface area contributed by atoms with E-state index < -0.39 is 6.09 Å². The molecule has 0 aliphatic heterocycles. The number of hydrogen-bond acceptors (Lipinski definition) is 4. The number of ether oxygens (including phenoxy) is 1. The Morgan fingerprint density at radius 2 is 2.33 bits per heavy atom. The SMILES string of the molecule is CCC(NCCOC(N)=O)c1cc(Br)ccc1O. The third-order valence-corrected chi connectivity index (χ3v) is 3.00. The van der Waals surface area contributed by atoms with Crippen molar-refractivity contribution in [3.05, 3.63) is 28.2 Å². The van der Waals surface area contributed by atoms with E-state index in [0.29, 0.717) is 6.54 Å². The summed E-state index contributed by atoms with van der Waals surface area (Å²) in [6, 6.07) is 5.29. The lowest BCUT2D eigenvalue weighted by atomic mass is 10.0. The fraction of sp³-hybridized carbons (Fsp3) is 0.417. The first-order valence-electron chi connectivity index (χ1n) is 5.68. The summed E-state index contributed by atoms with van der Waals surface area (Å²) in [6.45, 7) is 2.70. The van der Waals surface area contributed by atoms with Gasteiger partial charge in [-0.3, -0.25) is 0 Å². The van der Waals surface area contributed by atoms with E-state index in [9.17, 15) is 9.90 Å². The minimum atomic E-state index is -0.782. The van der Waals surface area contributed by atoms with Crippen molar-refractivity contribution in [1.29, 1.82) is 0 Å². The molecule has 0 saturated carbocycles. The molecule has 0 fully saturated rings. The summed E-state index contributed by atoms with van der Waals surface area (Å²) in [5.41, 5.74) is 5.67. The zero-order valence-corrected chi connectivity index (χ0v) is 11.7. The molecular formula is C12H17BrN2O3. The first kappa shape index (κ1) is 14.8. The molecule has 18 heavy (non-hydrogen) atoms. The summed E-state index contributed by atoms with van der Waals surface area (Å²) < 4.78 is 5.54. The summed E-state index contributed by atoms with van der Waals surface area (Å²) in [4.78, 5) is 10.4. The smallest absolute Gasteiger partial charge is 0.404 e. The van der Waals surface area contributed by atoms with Crippen LogP contribution >= 0.6 is 15.9 Å². The van der Waals surface area contributed by atoms with Gasteiger partial charge in [0.15, 0.2) is 0 Å². The van der Waals surface area contributed by atoms with Gasteiger partial charge in [0.2, 0.25) is 0 Å². The van der Waals surface area contributed by atoms with Crippen LogP contribution in [0.4, 0.5) is 4.79 Å². The fourth-order valence-electron chi connectivity index (χ4n) is 1.66. The molecule has 1 amide bonds. The van der Waals surface area contributed by atoms with E-state index in [1.54, 1.807) is 12.1 Å². The lowest BCUT2D eigenvalue weighted by Crippen LogP contribution is -2.27. The fourth-order valence-corrected chi connectivity index (χ4v) is 2.04. The predicted octanol–water partition coefficient (Wildman–Crippen LogP) is 2.29. The van der Waals surface area contributed by atoms with E-state index in [2.05, 4.69) is 26.0 Å². The molecule has 100 valence electrons. The van der Waals surface area contributed by atoms with E-state index in [4.69, 9.17) is 5.73 Å². The molecule has 0 aromatic heterocycles. The summed E-state index contributed by atoms with van der Waals surface area (Å²) in [6.07, 6.45) is 0.0239. The quantitative estimate of drug-likeness (QED) is 0.703. The molecule has 1 unspecified atom stereocenters. The standard InChI is InChI=1S/C12H17BrN2O3/c1-2-10(15-5-6-18-12(14)17)9-7-8(13)3-4-11(9)16/h3-4,7,10,15-16H,2,5-6H2,1H3,(H2,14,17). The van der Waals surface area contributed by atoms with Gasteiger partial charge < -0.3 is 20.9 Å². The second-order valence-corrected chi connectivity index (χ2v) is 4.70. The Kier molecular flexibility index (Phi) is 5.94. The van der Waals surface area contributed by atoms with Gasteiger partial charge in [-0.15, -0.1) is 0 Å². The van der Waals surface area contributed by atoms with Crippen LogP contribution in [0.3, 0.4) is 0 Å². The lowest BCUT2D eigenvalue weighted by Gasteiger charge is -2.18. The van der Waals surface area contributed by atoms with E-state index >= 15 is 0 Å². The zero-order valence-electron chi connectivity index (χ0n) is 10.1. The number of halogens is 1. The van der Waals surface area contributed by atoms with Crippen LogP contribution in [0, 0.1) is 0 Å². The molecule has 0 aliphatic rings. The van der Waals surface area contributed by atoms with Gasteiger partial charge in [0.25, 0.3) is 0 Å². The molecule has 6 heteroatoms. The van der Waals surface area contributed by atoms with Crippen LogP contribution in [0.15, 0.2) is 22.7 Å². The minimum absolute atomic E-state index is 0.000948. The molecule has 0 spiro atoms. The third-order valence-electron chi connectivity index (χ3n) is 2.51. The van der Waals surface area contributed by atoms with Gasteiger partial charge in [0.1, 0.15) is 12.4 Å². The Morgan fingerprint density at radius 1 is 1.61 bits per heavy atom. The Hall–Kier alpha value is -1.27. The molecule has 1 aromatic carbocycles. The summed E-state index contributed by atoms with van der Waals surface area (Å²) in [5, 5.41) is 13.0. The number of phenolic OH excluding ortho intramolecular Hbond substituents is 1. The number of benzene rings is 1. The van der Waals surface area contributed by atoms with Crippen LogP contribution < -0.4 is 11.1 Å². The largest absolute Gasteiger partial charge is 0.508 e. The number of hydrogen-bond donors (Lipinski definition) is 3. The average molecular weight is 317 g/mol. The van der Waals surface area contributed by atoms with Gasteiger partial charge >= 0.3 is 6.09 Å². The van der Waals surface area contributed by atoms with Gasteiger partial charge in [0.05, 0.1) is 0 Å². The molecule has 0 heterocycles. The topological polar surface area (TPSA) is 84.6 Å². The van der Waals surface area contributed by atoms with Crippen LogP contribution in [-0.4, -0.2) is 24.4 Å². The Balaban J connectivity index is 2.59. The summed E-state index contributed by atoms with van der Waals surface area (Å²) in [7, 11) is 0. The molecule has 0 saturated heterocycles. The number of amides is 1. The predicted molar refractivity (Wildman–Crippen MR) is 72.4 cm³/mol. The van der Waals surface area contributed by atoms with Crippen molar-refractivity contribution in [2.75, 3.05) is 13.2 Å². The molecule has 4 N–H and O–H groups in total. The number of aromatic hydroxyl groups is 1. The highest BCUT2D eigenvalue weighted by atomic mass is 79.9. The molecule has 1 rings (SSSR count).